The summed E-state index contributed by atoms with van der Waals surface area (Å²) in [5.41, 5.74) is 1.42. The number of carbonyl (C=O) groups excluding carboxylic acids is 1. The van der Waals surface area contributed by atoms with Crippen molar-refractivity contribution in [2.75, 3.05) is 0 Å². The van der Waals surface area contributed by atoms with Crippen LogP contribution in [0, 0.1) is 6.92 Å². The number of rotatable bonds is 6. The van der Waals surface area contributed by atoms with Crippen molar-refractivity contribution in [3.63, 3.8) is 0 Å². The molecule has 0 saturated carbocycles. The van der Waals surface area contributed by atoms with Crippen molar-refractivity contribution in [2.45, 2.75) is 39.8 Å². The van der Waals surface area contributed by atoms with Crippen LogP contribution in [0.4, 0.5) is 0 Å². The van der Waals surface area contributed by atoms with Gasteiger partial charge in [-0.1, -0.05) is 24.2 Å². The fraction of sp³-hybridized carbons (Fsp3) is 0.462. The highest BCUT2D eigenvalue weighted by atomic mass is 16.5. The number of aryl methyl sites for hydroxylation is 1. The highest BCUT2D eigenvalue weighted by molar-refractivity contribution is 5.96. The minimum absolute atomic E-state index is 0.0402. The SMILES string of the molecule is Cc1noc(C(C)C)c1C(=O)NCc1cn(CC(=O)O)nn1. The first-order chi connectivity index (χ1) is 10.4. The van der Waals surface area contributed by atoms with Crippen LogP contribution >= 0.6 is 0 Å². The molecule has 118 valence electrons. The molecule has 22 heavy (non-hydrogen) atoms. The summed E-state index contributed by atoms with van der Waals surface area (Å²) < 4.78 is 6.36. The lowest BCUT2D eigenvalue weighted by molar-refractivity contribution is -0.137. The normalized spacial score (nSPS) is 10.9. The third-order valence-electron chi connectivity index (χ3n) is 2.95. The highest BCUT2D eigenvalue weighted by Crippen LogP contribution is 2.22. The minimum Gasteiger partial charge on any atom is -0.480 e. The first-order valence-electron chi connectivity index (χ1n) is 6.73. The maximum Gasteiger partial charge on any atom is 0.325 e. The van der Waals surface area contributed by atoms with Crippen LogP contribution in [-0.4, -0.2) is 37.1 Å². The van der Waals surface area contributed by atoms with Gasteiger partial charge < -0.3 is 14.9 Å². The summed E-state index contributed by atoms with van der Waals surface area (Å²) in [6.07, 6.45) is 1.47. The highest BCUT2D eigenvalue weighted by Gasteiger charge is 2.22. The van der Waals surface area contributed by atoms with Gasteiger partial charge in [-0.25, -0.2) is 4.68 Å². The summed E-state index contributed by atoms with van der Waals surface area (Å²) in [4.78, 5) is 22.8. The molecule has 2 heterocycles. The van der Waals surface area contributed by atoms with E-state index in [0.717, 1.165) is 0 Å². The zero-order valence-corrected chi connectivity index (χ0v) is 12.5. The maximum absolute atomic E-state index is 12.2. The number of aromatic nitrogens is 4. The third-order valence-corrected chi connectivity index (χ3v) is 2.95. The van der Waals surface area contributed by atoms with E-state index in [4.69, 9.17) is 9.63 Å². The Kier molecular flexibility index (Phi) is 4.54. The molecular formula is C13H17N5O4. The monoisotopic (exact) mass is 307 g/mol. The van der Waals surface area contributed by atoms with Crippen molar-refractivity contribution < 1.29 is 19.2 Å². The second-order valence-corrected chi connectivity index (χ2v) is 5.15. The fourth-order valence-electron chi connectivity index (χ4n) is 1.95. The predicted octanol–water partition coefficient (Wildman–Crippen LogP) is 0.713. The van der Waals surface area contributed by atoms with Crippen molar-refractivity contribution in [3.05, 3.63) is 28.9 Å². The summed E-state index contributed by atoms with van der Waals surface area (Å²) >= 11 is 0. The van der Waals surface area contributed by atoms with Gasteiger partial charge in [0.1, 0.15) is 17.8 Å². The van der Waals surface area contributed by atoms with Gasteiger partial charge in [0.15, 0.2) is 5.76 Å². The molecule has 9 nitrogen and oxygen atoms in total. The smallest absolute Gasteiger partial charge is 0.325 e. The van der Waals surface area contributed by atoms with Gasteiger partial charge in [-0.05, 0) is 6.92 Å². The number of carboxylic acids is 1. The second-order valence-electron chi connectivity index (χ2n) is 5.15. The Balaban J connectivity index is 2.03. The molecule has 0 bridgehead atoms. The molecule has 1 amide bonds. The molecule has 0 spiro atoms. The number of nitrogens with zero attached hydrogens (tertiary/aromatic N) is 4. The van der Waals surface area contributed by atoms with Crippen LogP contribution in [0.5, 0.6) is 0 Å². The van der Waals surface area contributed by atoms with E-state index in [1.165, 1.54) is 10.9 Å². The number of nitrogens with one attached hydrogen (secondary N) is 1. The van der Waals surface area contributed by atoms with E-state index in [0.29, 0.717) is 22.7 Å². The van der Waals surface area contributed by atoms with E-state index in [9.17, 15) is 9.59 Å². The van der Waals surface area contributed by atoms with Crippen LogP contribution in [-0.2, 0) is 17.9 Å². The average molecular weight is 307 g/mol. The van der Waals surface area contributed by atoms with Crippen LogP contribution in [0.2, 0.25) is 0 Å². The van der Waals surface area contributed by atoms with E-state index in [1.807, 2.05) is 13.8 Å². The number of amides is 1. The summed E-state index contributed by atoms with van der Waals surface area (Å²) in [6.45, 7) is 5.39. The summed E-state index contributed by atoms with van der Waals surface area (Å²) in [7, 11) is 0. The van der Waals surface area contributed by atoms with Crippen molar-refractivity contribution in [1.82, 2.24) is 25.5 Å². The second kappa shape index (κ2) is 6.37. The Hall–Kier alpha value is -2.71. The van der Waals surface area contributed by atoms with Crippen molar-refractivity contribution in [3.8, 4) is 0 Å². The lowest BCUT2D eigenvalue weighted by Crippen LogP contribution is -2.24. The first-order valence-corrected chi connectivity index (χ1v) is 6.73. The van der Waals surface area contributed by atoms with Crippen LogP contribution in [0.25, 0.3) is 0 Å². The molecular weight excluding hydrogens is 290 g/mol. The summed E-state index contributed by atoms with van der Waals surface area (Å²) in [6, 6.07) is 0. The average Bonchev–Trinajstić information content (AvgIpc) is 3.02. The fourth-order valence-corrected chi connectivity index (χ4v) is 1.95. The predicted molar refractivity (Wildman–Crippen MR) is 74.2 cm³/mol. The van der Waals surface area contributed by atoms with Gasteiger partial charge in [0.2, 0.25) is 0 Å². The molecule has 0 saturated heterocycles. The molecule has 2 aromatic rings. The Morgan fingerprint density at radius 1 is 1.45 bits per heavy atom. The standard InChI is InChI=1S/C13H17N5O4/c1-7(2)12-11(8(3)16-22-12)13(21)14-4-9-5-18(17-15-9)6-10(19)20/h5,7H,4,6H2,1-3H3,(H,14,21)(H,19,20). The molecule has 0 aliphatic carbocycles. The molecule has 0 aromatic carbocycles. The van der Waals surface area contributed by atoms with E-state index in [-0.39, 0.29) is 24.9 Å². The van der Waals surface area contributed by atoms with Gasteiger partial charge in [-0.3, -0.25) is 9.59 Å². The van der Waals surface area contributed by atoms with E-state index in [2.05, 4.69) is 20.8 Å². The number of carboxylic acid groups (broad SMARTS) is 1. The van der Waals surface area contributed by atoms with Gasteiger partial charge in [-0.15, -0.1) is 5.10 Å². The molecule has 0 unspecified atom stereocenters. The summed E-state index contributed by atoms with van der Waals surface area (Å²) in [5.74, 6) is -0.750. The largest absolute Gasteiger partial charge is 0.480 e. The number of carbonyl (C=O) groups is 2. The van der Waals surface area contributed by atoms with Crippen molar-refractivity contribution >= 4 is 11.9 Å². The Bertz CT molecular complexity index is 688. The lowest BCUT2D eigenvalue weighted by Gasteiger charge is -2.05. The zero-order chi connectivity index (χ0) is 16.3. The molecule has 0 aliphatic heterocycles. The Morgan fingerprint density at radius 2 is 2.18 bits per heavy atom. The Morgan fingerprint density at radius 3 is 2.82 bits per heavy atom. The third kappa shape index (κ3) is 3.48. The van der Waals surface area contributed by atoms with E-state index < -0.39 is 5.97 Å². The Labute approximate surface area is 126 Å². The van der Waals surface area contributed by atoms with E-state index in [1.54, 1.807) is 6.92 Å². The maximum atomic E-state index is 12.2. The molecule has 0 fully saturated rings. The van der Waals surface area contributed by atoms with Gasteiger partial charge >= 0.3 is 5.97 Å². The lowest BCUT2D eigenvalue weighted by atomic mass is 10.0. The first kappa shape index (κ1) is 15.7. The quantitative estimate of drug-likeness (QED) is 0.805. The van der Waals surface area contributed by atoms with E-state index >= 15 is 0 Å². The topological polar surface area (TPSA) is 123 Å². The van der Waals surface area contributed by atoms with Crippen LogP contribution in [0.1, 0.15) is 47.3 Å². The van der Waals surface area contributed by atoms with Gasteiger partial charge in [-0.2, -0.15) is 0 Å². The van der Waals surface area contributed by atoms with Crippen molar-refractivity contribution in [1.29, 1.82) is 0 Å². The molecule has 2 N–H and O–H groups in total. The van der Waals surface area contributed by atoms with Crippen molar-refractivity contribution in [2.24, 2.45) is 0 Å². The van der Waals surface area contributed by atoms with Gasteiger partial charge in [0.25, 0.3) is 5.91 Å². The molecule has 0 aliphatic rings. The van der Waals surface area contributed by atoms with Crippen LogP contribution < -0.4 is 5.32 Å². The molecule has 2 rings (SSSR count). The molecule has 9 heteroatoms. The van der Waals surface area contributed by atoms with Gasteiger partial charge in [0.05, 0.1) is 18.4 Å². The van der Waals surface area contributed by atoms with Crippen LogP contribution in [0.15, 0.2) is 10.7 Å². The van der Waals surface area contributed by atoms with Gasteiger partial charge in [0, 0.05) is 5.92 Å². The number of hydrogen-bond donors (Lipinski definition) is 2. The summed E-state index contributed by atoms with van der Waals surface area (Å²) in [5, 5.41) is 22.6. The number of hydrogen-bond acceptors (Lipinski definition) is 6. The molecule has 2 aromatic heterocycles. The number of aliphatic carboxylic acids is 1. The molecule has 0 atom stereocenters. The minimum atomic E-state index is -1.01. The zero-order valence-electron chi connectivity index (χ0n) is 12.5. The van der Waals surface area contributed by atoms with Crippen LogP contribution in [0.3, 0.4) is 0 Å². The molecule has 0 radical (unpaired) electrons.